The van der Waals surface area contributed by atoms with E-state index in [1.165, 1.54) is 18.5 Å². The molecule has 4 nitrogen and oxygen atoms in total. The Morgan fingerprint density at radius 1 is 1.58 bits per heavy atom. The van der Waals surface area contributed by atoms with Crippen molar-refractivity contribution in [2.45, 2.75) is 18.8 Å². The average Bonchev–Trinajstić information content (AvgIpc) is 2.54. The largest absolute Gasteiger partial charge is 0.382 e. The molecule has 0 radical (unpaired) electrons. The minimum atomic E-state index is 0.573. The lowest BCUT2D eigenvalue weighted by Crippen LogP contribution is -2.28. The first-order valence-corrected chi connectivity index (χ1v) is 4.38. The summed E-state index contributed by atoms with van der Waals surface area (Å²) in [6.07, 6.45) is 2.47. The van der Waals surface area contributed by atoms with E-state index < -0.39 is 0 Å². The second kappa shape index (κ2) is 3.15. The van der Waals surface area contributed by atoms with Crippen LogP contribution in [0.5, 0.6) is 0 Å². The zero-order chi connectivity index (χ0) is 8.39. The summed E-state index contributed by atoms with van der Waals surface area (Å²) in [4.78, 5) is 0. The summed E-state index contributed by atoms with van der Waals surface area (Å²) in [5, 5.41) is 10.2. The van der Waals surface area contributed by atoms with Crippen LogP contribution in [0.1, 0.15) is 24.5 Å². The number of hydrogen-bond donors (Lipinski definition) is 3. The summed E-state index contributed by atoms with van der Waals surface area (Å²) in [5.74, 6) is 1.17. The summed E-state index contributed by atoms with van der Waals surface area (Å²) >= 11 is 0. The number of nitrogen functional groups attached to an aromatic ring is 1. The van der Waals surface area contributed by atoms with Gasteiger partial charge in [0, 0.05) is 24.2 Å². The van der Waals surface area contributed by atoms with Crippen molar-refractivity contribution >= 4 is 5.82 Å². The maximum Gasteiger partial charge on any atom is 0.145 e. The molecule has 0 aliphatic carbocycles. The van der Waals surface area contributed by atoms with Crippen LogP contribution >= 0.6 is 0 Å². The van der Waals surface area contributed by atoms with Crippen LogP contribution in [-0.2, 0) is 0 Å². The van der Waals surface area contributed by atoms with E-state index in [4.69, 9.17) is 5.73 Å². The Kier molecular flexibility index (Phi) is 1.99. The van der Waals surface area contributed by atoms with Gasteiger partial charge >= 0.3 is 0 Å². The molecule has 1 aliphatic rings. The van der Waals surface area contributed by atoms with E-state index in [1.54, 1.807) is 0 Å². The second-order valence-corrected chi connectivity index (χ2v) is 3.29. The van der Waals surface area contributed by atoms with Crippen LogP contribution in [0, 0.1) is 0 Å². The molecular formula is C8H14N4. The molecule has 0 bridgehead atoms. The SMILES string of the molecule is Nc1cc([C@H]2CCCNC2)[nH]n1. The quantitative estimate of drug-likeness (QED) is 0.567. The normalized spacial score (nSPS) is 24.2. The highest BCUT2D eigenvalue weighted by Gasteiger charge is 2.16. The van der Waals surface area contributed by atoms with Gasteiger partial charge < -0.3 is 11.1 Å². The van der Waals surface area contributed by atoms with Crippen molar-refractivity contribution in [2.75, 3.05) is 18.8 Å². The lowest BCUT2D eigenvalue weighted by Gasteiger charge is -2.20. The van der Waals surface area contributed by atoms with Gasteiger partial charge in [-0.3, -0.25) is 5.10 Å². The standard InChI is InChI=1S/C8H14N4/c9-8-4-7(11-12-8)6-2-1-3-10-5-6/h4,6,10H,1-3,5H2,(H3,9,11,12)/t6-/m0/s1. The Labute approximate surface area is 71.5 Å². The number of piperidine rings is 1. The van der Waals surface area contributed by atoms with Crippen LogP contribution in [0.4, 0.5) is 5.82 Å². The molecule has 1 aromatic heterocycles. The molecule has 2 heterocycles. The minimum absolute atomic E-state index is 0.573. The van der Waals surface area contributed by atoms with Gasteiger partial charge in [-0.15, -0.1) is 0 Å². The van der Waals surface area contributed by atoms with Crippen molar-refractivity contribution in [3.63, 3.8) is 0 Å². The number of nitrogens with zero attached hydrogens (tertiary/aromatic N) is 1. The smallest absolute Gasteiger partial charge is 0.145 e. The number of aromatic amines is 1. The third-order valence-electron chi connectivity index (χ3n) is 2.35. The Hall–Kier alpha value is -1.03. The second-order valence-electron chi connectivity index (χ2n) is 3.29. The first-order chi connectivity index (χ1) is 5.86. The Morgan fingerprint density at radius 3 is 3.08 bits per heavy atom. The number of rotatable bonds is 1. The Morgan fingerprint density at radius 2 is 2.50 bits per heavy atom. The van der Waals surface area contributed by atoms with E-state index in [0.29, 0.717) is 11.7 Å². The number of hydrogen-bond acceptors (Lipinski definition) is 3. The van der Waals surface area contributed by atoms with Crippen molar-refractivity contribution in [3.8, 4) is 0 Å². The molecule has 12 heavy (non-hydrogen) atoms. The van der Waals surface area contributed by atoms with E-state index in [1.807, 2.05) is 6.07 Å². The lowest BCUT2D eigenvalue weighted by atomic mass is 9.96. The molecule has 1 fully saturated rings. The first-order valence-electron chi connectivity index (χ1n) is 4.38. The molecule has 0 amide bonds. The number of nitrogens with one attached hydrogen (secondary N) is 2. The molecular weight excluding hydrogens is 152 g/mol. The monoisotopic (exact) mass is 166 g/mol. The van der Waals surface area contributed by atoms with Gasteiger partial charge in [-0.05, 0) is 19.4 Å². The van der Waals surface area contributed by atoms with Gasteiger partial charge in [-0.1, -0.05) is 0 Å². The Bertz CT molecular complexity index is 249. The molecule has 2 rings (SSSR count). The summed E-state index contributed by atoms with van der Waals surface area (Å²) in [6, 6.07) is 1.93. The van der Waals surface area contributed by atoms with Crippen molar-refractivity contribution in [1.29, 1.82) is 0 Å². The van der Waals surface area contributed by atoms with Crippen LogP contribution in [0.3, 0.4) is 0 Å². The zero-order valence-corrected chi connectivity index (χ0v) is 7.01. The maximum atomic E-state index is 5.52. The molecule has 4 heteroatoms. The number of nitrogens with two attached hydrogens (primary N) is 1. The van der Waals surface area contributed by atoms with Gasteiger partial charge in [0.2, 0.25) is 0 Å². The van der Waals surface area contributed by atoms with Crippen LogP contribution in [0.2, 0.25) is 0 Å². The van der Waals surface area contributed by atoms with E-state index >= 15 is 0 Å². The summed E-state index contributed by atoms with van der Waals surface area (Å²) < 4.78 is 0. The topological polar surface area (TPSA) is 66.7 Å². The van der Waals surface area contributed by atoms with Gasteiger partial charge in [0.25, 0.3) is 0 Å². The highest BCUT2D eigenvalue weighted by molar-refractivity contribution is 5.30. The Balaban J connectivity index is 2.08. The summed E-state index contributed by atoms with van der Waals surface area (Å²) in [7, 11) is 0. The van der Waals surface area contributed by atoms with E-state index in [2.05, 4.69) is 15.5 Å². The van der Waals surface area contributed by atoms with E-state index in [-0.39, 0.29) is 0 Å². The van der Waals surface area contributed by atoms with Gasteiger partial charge in [0.05, 0.1) is 0 Å². The molecule has 0 unspecified atom stereocenters. The molecule has 1 atom stereocenters. The predicted molar refractivity (Wildman–Crippen MR) is 47.8 cm³/mol. The molecule has 66 valence electrons. The van der Waals surface area contributed by atoms with Crippen molar-refractivity contribution < 1.29 is 0 Å². The highest BCUT2D eigenvalue weighted by Crippen LogP contribution is 2.21. The van der Waals surface area contributed by atoms with Crippen LogP contribution in [0.25, 0.3) is 0 Å². The minimum Gasteiger partial charge on any atom is -0.382 e. The van der Waals surface area contributed by atoms with Gasteiger partial charge in [0.15, 0.2) is 0 Å². The van der Waals surface area contributed by atoms with Gasteiger partial charge in [0.1, 0.15) is 5.82 Å². The molecule has 0 aromatic carbocycles. The summed E-state index contributed by atoms with van der Waals surface area (Å²) in [6.45, 7) is 2.18. The lowest BCUT2D eigenvalue weighted by molar-refractivity contribution is 0.454. The summed E-state index contributed by atoms with van der Waals surface area (Å²) in [5.41, 5.74) is 6.69. The van der Waals surface area contributed by atoms with Gasteiger partial charge in [-0.2, -0.15) is 5.10 Å². The maximum absolute atomic E-state index is 5.52. The van der Waals surface area contributed by atoms with Gasteiger partial charge in [-0.25, -0.2) is 0 Å². The third-order valence-corrected chi connectivity index (χ3v) is 2.35. The third kappa shape index (κ3) is 1.43. The van der Waals surface area contributed by atoms with Crippen LogP contribution < -0.4 is 11.1 Å². The molecule has 0 spiro atoms. The number of aromatic nitrogens is 2. The van der Waals surface area contributed by atoms with Crippen molar-refractivity contribution in [1.82, 2.24) is 15.5 Å². The fourth-order valence-corrected chi connectivity index (χ4v) is 1.68. The fourth-order valence-electron chi connectivity index (χ4n) is 1.68. The van der Waals surface area contributed by atoms with E-state index in [9.17, 15) is 0 Å². The predicted octanol–water partition coefficient (Wildman–Crippen LogP) is 0.459. The highest BCUT2D eigenvalue weighted by atomic mass is 15.2. The molecule has 4 N–H and O–H groups in total. The van der Waals surface area contributed by atoms with Crippen molar-refractivity contribution in [3.05, 3.63) is 11.8 Å². The zero-order valence-electron chi connectivity index (χ0n) is 7.01. The molecule has 1 aliphatic heterocycles. The fraction of sp³-hybridized carbons (Fsp3) is 0.625. The molecule has 1 saturated heterocycles. The average molecular weight is 166 g/mol. The molecule has 0 saturated carbocycles. The molecule has 1 aromatic rings. The van der Waals surface area contributed by atoms with Crippen LogP contribution in [-0.4, -0.2) is 23.3 Å². The van der Waals surface area contributed by atoms with E-state index in [0.717, 1.165) is 13.1 Å². The first kappa shape index (κ1) is 7.61. The van der Waals surface area contributed by atoms with Crippen LogP contribution in [0.15, 0.2) is 6.07 Å². The number of H-pyrrole nitrogens is 1. The van der Waals surface area contributed by atoms with Crippen molar-refractivity contribution in [2.24, 2.45) is 0 Å². The number of anilines is 1.